The molecule has 7 nitrogen and oxygen atoms in total. The molecule has 0 aliphatic carbocycles. The molecule has 31 heavy (non-hydrogen) atoms. The van der Waals surface area contributed by atoms with Crippen LogP contribution in [-0.4, -0.2) is 31.1 Å². The van der Waals surface area contributed by atoms with Gasteiger partial charge in [-0.15, -0.1) is 11.3 Å². The summed E-state index contributed by atoms with van der Waals surface area (Å²) in [4.78, 5) is 24.5. The Balaban J connectivity index is 1.50. The number of nitrogens with one attached hydrogen (secondary N) is 2. The van der Waals surface area contributed by atoms with Crippen LogP contribution in [0.1, 0.15) is 31.2 Å². The molecule has 3 aromatic rings. The van der Waals surface area contributed by atoms with E-state index in [1.54, 1.807) is 0 Å². The van der Waals surface area contributed by atoms with E-state index in [4.69, 9.17) is 0 Å². The summed E-state index contributed by atoms with van der Waals surface area (Å²) in [5.41, 5.74) is 6.07. The molecule has 2 aromatic carbocycles. The second-order valence-corrected chi connectivity index (χ2v) is 9.68. The average Bonchev–Trinajstić information content (AvgIpc) is 3.28. The van der Waals surface area contributed by atoms with Gasteiger partial charge in [-0.3, -0.25) is 20.4 Å². The SMILES string of the molecule is O=C(NNC(=O)c1sccc1S(=O)(=O)N1CCc2ccccc2C1)c1ccccc1F. The highest BCUT2D eigenvalue weighted by atomic mass is 32.2. The number of thiophene rings is 1. The van der Waals surface area contributed by atoms with Crippen LogP contribution in [0, 0.1) is 5.82 Å². The van der Waals surface area contributed by atoms with Crippen molar-refractivity contribution in [2.75, 3.05) is 6.54 Å². The quantitative estimate of drug-likeness (QED) is 0.587. The first-order chi connectivity index (χ1) is 14.9. The molecule has 0 saturated carbocycles. The molecule has 1 aliphatic heterocycles. The highest BCUT2D eigenvalue weighted by Gasteiger charge is 2.32. The summed E-state index contributed by atoms with van der Waals surface area (Å²) in [5, 5.41) is 1.50. The van der Waals surface area contributed by atoms with E-state index in [1.165, 1.54) is 34.0 Å². The van der Waals surface area contributed by atoms with Crippen LogP contribution in [0.2, 0.25) is 0 Å². The van der Waals surface area contributed by atoms with Gasteiger partial charge < -0.3 is 0 Å². The summed E-state index contributed by atoms with van der Waals surface area (Å²) in [6.07, 6.45) is 0.583. The third-order valence-electron chi connectivity index (χ3n) is 4.96. The van der Waals surface area contributed by atoms with E-state index in [0.717, 1.165) is 28.5 Å². The summed E-state index contributed by atoms with van der Waals surface area (Å²) in [6, 6.07) is 14.3. The van der Waals surface area contributed by atoms with Crippen molar-refractivity contribution in [1.29, 1.82) is 0 Å². The number of hydrogen-bond donors (Lipinski definition) is 2. The van der Waals surface area contributed by atoms with Gasteiger partial charge in [0.1, 0.15) is 15.6 Å². The fourth-order valence-corrected chi connectivity index (χ4v) is 6.08. The van der Waals surface area contributed by atoms with Gasteiger partial charge in [0.15, 0.2) is 0 Å². The largest absolute Gasteiger partial charge is 0.281 e. The standard InChI is InChI=1S/C21H18FN3O4S2/c22-17-8-4-3-7-16(17)20(26)23-24-21(27)19-18(10-12-30-19)31(28,29)25-11-9-14-5-1-2-6-15(14)13-25/h1-8,10,12H,9,11,13H2,(H,23,26)(H,24,27). The summed E-state index contributed by atoms with van der Waals surface area (Å²) < 4.78 is 41.5. The average molecular weight is 460 g/mol. The van der Waals surface area contributed by atoms with E-state index in [1.807, 2.05) is 24.3 Å². The minimum atomic E-state index is -3.92. The highest BCUT2D eigenvalue weighted by Crippen LogP contribution is 2.29. The van der Waals surface area contributed by atoms with Gasteiger partial charge in [0.2, 0.25) is 10.0 Å². The number of carbonyl (C=O) groups is 2. The molecule has 0 atom stereocenters. The van der Waals surface area contributed by atoms with Crippen LogP contribution in [-0.2, 0) is 23.0 Å². The Kier molecular flexibility index (Phi) is 5.86. The monoisotopic (exact) mass is 459 g/mol. The molecule has 0 bridgehead atoms. The van der Waals surface area contributed by atoms with Crippen molar-refractivity contribution in [3.63, 3.8) is 0 Å². The minimum absolute atomic E-state index is 0.0623. The zero-order valence-electron chi connectivity index (χ0n) is 16.2. The molecule has 4 rings (SSSR count). The number of benzene rings is 2. The minimum Gasteiger partial charge on any atom is -0.267 e. The molecule has 0 unspecified atom stereocenters. The Bertz CT molecular complexity index is 1260. The van der Waals surface area contributed by atoms with Crippen molar-refractivity contribution in [3.05, 3.63) is 87.4 Å². The lowest BCUT2D eigenvalue weighted by molar-refractivity contribution is 0.0845. The van der Waals surface area contributed by atoms with Crippen LogP contribution in [0.3, 0.4) is 0 Å². The lowest BCUT2D eigenvalue weighted by Crippen LogP contribution is -2.42. The highest BCUT2D eigenvalue weighted by molar-refractivity contribution is 7.89. The molecular formula is C21H18FN3O4S2. The maximum atomic E-state index is 13.7. The summed E-state index contributed by atoms with van der Waals surface area (Å²) in [5.74, 6) is -2.38. The number of fused-ring (bicyclic) bond motifs is 1. The molecule has 1 aromatic heterocycles. The second-order valence-electron chi connectivity index (χ2n) is 6.86. The van der Waals surface area contributed by atoms with Crippen LogP contribution in [0.15, 0.2) is 64.9 Å². The number of sulfonamides is 1. The van der Waals surface area contributed by atoms with E-state index >= 15 is 0 Å². The van der Waals surface area contributed by atoms with E-state index < -0.39 is 27.7 Å². The molecule has 0 saturated heterocycles. The smallest absolute Gasteiger partial charge is 0.267 e. The van der Waals surface area contributed by atoms with Crippen molar-refractivity contribution >= 4 is 33.2 Å². The van der Waals surface area contributed by atoms with E-state index in [0.29, 0.717) is 13.0 Å². The molecule has 2 heterocycles. The molecule has 1 aliphatic rings. The van der Waals surface area contributed by atoms with Crippen molar-refractivity contribution in [3.8, 4) is 0 Å². The predicted molar refractivity (Wildman–Crippen MR) is 113 cm³/mol. The first kappa shape index (κ1) is 21.2. The molecular weight excluding hydrogens is 441 g/mol. The number of amides is 2. The van der Waals surface area contributed by atoms with Gasteiger partial charge in [-0.2, -0.15) is 4.31 Å². The van der Waals surface area contributed by atoms with E-state index in [-0.39, 0.29) is 21.9 Å². The Morgan fingerprint density at radius 3 is 2.39 bits per heavy atom. The molecule has 2 amide bonds. The topological polar surface area (TPSA) is 95.6 Å². The van der Waals surface area contributed by atoms with Crippen molar-refractivity contribution in [1.82, 2.24) is 15.2 Å². The number of hydrogen-bond acceptors (Lipinski definition) is 5. The number of halogens is 1. The third-order valence-corrected chi connectivity index (χ3v) is 7.89. The van der Waals surface area contributed by atoms with Crippen LogP contribution < -0.4 is 10.9 Å². The maximum absolute atomic E-state index is 13.7. The summed E-state index contributed by atoms with van der Waals surface area (Å²) in [6.45, 7) is 0.527. The van der Waals surface area contributed by atoms with E-state index in [2.05, 4.69) is 10.9 Å². The molecule has 160 valence electrons. The molecule has 10 heteroatoms. The van der Waals surface area contributed by atoms with Crippen molar-refractivity contribution in [2.24, 2.45) is 0 Å². The fourth-order valence-electron chi connectivity index (χ4n) is 3.36. The molecule has 2 N–H and O–H groups in total. The second kappa shape index (κ2) is 8.58. The first-order valence-corrected chi connectivity index (χ1v) is 11.7. The Labute approximate surface area is 182 Å². The lowest BCUT2D eigenvalue weighted by atomic mass is 10.0. The number of hydrazine groups is 1. The van der Waals surface area contributed by atoms with Crippen LogP contribution in [0.4, 0.5) is 4.39 Å². The van der Waals surface area contributed by atoms with Gasteiger partial charge in [0.25, 0.3) is 11.8 Å². The third kappa shape index (κ3) is 4.22. The molecule has 0 spiro atoms. The first-order valence-electron chi connectivity index (χ1n) is 9.37. The van der Waals surface area contributed by atoms with Gasteiger partial charge >= 0.3 is 0 Å². The molecule has 0 radical (unpaired) electrons. The summed E-state index contributed by atoms with van der Waals surface area (Å²) in [7, 11) is -3.92. The predicted octanol–water partition coefficient (Wildman–Crippen LogP) is 2.71. The van der Waals surface area contributed by atoms with Crippen molar-refractivity contribution < 1.29 is 22.4 Å². The van der Waals surface area contributed by atoms with Crippen LogP contribution >= 0.6 is 11.3 Å². The normalized spacial score (nSPS) is 14.0. The van der Waals surface area contributed by atoms with Gasteiger partial charge in [-0.1, -0.05) is 36.4 Å². The van der Waals surface area contributed by atoms with Crippen molar-refractivity contribution in [2.45, 2.75) is 17.9 Å². The van der Waals surface area contributed by atoms with Gasteiger partial charge in [-0.25, -0.2) is 12.8 Å². The number of nitrogens with zero attached hydrogens (tertiary/aromatic N) is 1. The van der Waals surface area contributed by atoms with Gasteiger partial charge in [0, 0.05) is 13.1 Å². The maximum Gasteiger partial charge on any atom is 0.281 e. The zero-order chi connectivity index (χ0) is 22.0. The summed E-state index contributed by atoms with van der Waals surface area (Å²) >= 11 is 0.942. The molecule has 0 fully saturated rings. The number of carbonyl (C=O) groups excluding carboxylic acids is 2. The van der Waals surface area contributed by atoms with Gasteiger partial charge in [-0.05, 0) is 41.1 Å². The van der Waals surface area contributed by atoms with Crippen LogP contribution in [0.25, 0.3) is 0 Å². The zero-order valence-corrected chi connectivity index (χ0v) is 17.8. The van der Waals surface area contributed by atoms with E-state index in [9.17, 15) is 22.4 Å². The van der Waals surface area contributed by atoms with Gasteiger partial charge in [0.05, 0.1) is 5.56 Å². The Morgan fingerprint density at radius 1 is 0.935 bits per heavy atom. The lowest BCUT2D eigenvalue weighted by Gasteiger charge is -2.28. The number of rotatable bonds is 4. The Hall–Kier alpha value is -3.08. The Morgan fingerprint density at radius 2 is 1.61 bits per heavy atom. The fraction of sp³-hybridized carbons (Fsp3) is 0.143. The van der Waals surface area contributed by atoms with Crippen LogP contribution in [0.5, 0.6) is 0 Å².